The lowest BCUT2D eigenvalue weighted by molar-refractivity contribution is -0.384. The second-order valence-electron chi connectivity index (χ2n) is 4.69. The lowest BCUT2D eigenvalue weighted by atomic mass is 10.1. The van der Waals surface area contributed by atoms with Gasteiger partial charge >= 0.3 is 0 Å². The zero-order valence-electron chi connectivity index (χ0n) is 11.3. The zero-order valence-corrected chi connectivity index (χ0v) is 11.3. The van der Waals surface area contributed by atoms with Crippen LogP contribution in [-0.4, -0.2) is 4.92 Å². The molecule has 2 rings (SSSR count). The summed E-state index contributed by atoms with van der Waals surface area (Å²) in [4.78, 5) is 10.1. The first-order chi connectivity index (χ1) is 9.97. The molecule has 0 bridgehead atoms. The average Bonchev–Trinajstić information content (AvgIpc) is 2.48. The molecule has 110 valence electrons. The molecule has 0 aliphatic rings. The van der Waals surface area contributed by atoms with Crippen LogP contribution in [0, 0.1) is 21.7 Å². The number of nitro benzene ring substituents is 1. The smallest absolute Gasteiger partial charge is 0.269 e. The number of nitrogens with one attached hydrogen (secondary N) is 1. The van der Waals surface area contributed by atoms with Crippen LogP contribution < -0.4 is 5.32 Å². The third kappa shape index (κ3) is 3.82. The zero-order chi connectivity index (χ0) is 15.4. The summed E-state index contributed by atoms with van der Waals surface area (Å²) in [5.41, 5.74) is 1.09. The average molecular weight is 292 g/mol. The maximum Gasteiger partial charge on any atom is 0.269 e. The molecule has 4 nitrogen and oxygen atoms in total. The number of hydrogen-bond acceptors (Lipinski definition) is 3. The normalized spacial score (nSPS) is 12.1. The summed E-state index contributed by atoms with van der Waals surface area (Å²) in [6.07, 6.45) is 0. The second-order valence-corrected chi connectivity index (χ2v) is 4.69. The van der Waals surface area contributed by atoms with Crippen LogP contribution in [0.5, 0.6) is 0 Å². The lowest BCUT2D eigenvalue weighted by Gasteiger charge is -2.14. The number of nitro groups is 1. The number of rotatable bonds is 5. The molecule has 0 aliphatic carbocycles. The van der Waals surface area contributed by atoms with E-state index >= 15 is 0 Å². The molecular weight excluding hydrogens is 278 g/mol. The maximum absolute atomic E-state index is 13.5. The van der Waals surface area contributed by atoms with Crippen molar-refractivity contribution in [2.75, 3.05) is 0 Å². The predicted octanol–water partition coefficient (Wildman–Crippen LogP) is 3.72. The monoisotopic (exact) mass is 292 g/mol. The van der Waals surface area contributed by atoms with Crippen molar-refractivity contribution in [1.82, 2.24) is 5.32 Å². The summed E-state index contributed by atoms with van der Waals surface area (Å²) >= 11 is 0. The van der Waals surface area contributed by atoms with Crippen molar-refractivity contribution in [3.8, 4) is 0 Å². The van der Waals surface area contributed by atoms with E-state index in [2.05, 4.69) is 5.32 Å². The van der Waals surface area contributed by atoms with Gasteiger partial charge in [-0.3, -0.25) is 10.1 Å². The van der Waals surface area contributed by atoms with Crippen LogP contribution in [0.4, 0.5) is 14.5 Å². The Morgan fingerprint density at radius 1 is 1.19 bits per heavy atom. The van der Waals surface area contributed by atoms with Gasteiger partial charge in [0.15, 0.2) is 0 Å². The number of nitrogens with zero attached hydrogens (tertiary/aromatic N) is 1. The quantitative estimate of drug-likeness (QED) is 0.675. The third-order valence-corrected chi connectivity index (χ3v) is 3.21. The molecule has 0 aromatic heterocycles. The molecule has 0 aliphatic heterocycles. The van der Waals surface area contributed by atoms with Gasteiger partial charge in [-0.2, -0.15) is 0 Å². The fourth-order valence-corrected chi connectivity index (χ4v) is 1.94. The third-order valence-electron chi connectivity index (χ3n) is 3.21. The first-order valence-corrected chi connectivity index (χ1v) is 6.39. The molecule has 0 spiro atoms. The predicted molar refractivity (Wildman–Crippen MR) is 74.7 cm³/mol. The molecule has 21 heavy (non-hydrogen) atoms. The number of benzene rings is 2. The van der Waals surface area contributed by atoms with Crippen molar-refractivity contribution in [2.24, 2.45) is 0 Å². The Morgan fingerprint density at radius 3 is 2.48 bits per heavy atom. The molecule has 0 radical (unpaired) electrons. The van der Waals surface area contributed by atoms with Gasteiger partial charge in [0.25, 0.3) is 5.69 Å². The molecule has 0 heterocycles. The van der Waals surface area contributed by atoms with Crippen LogP contribution in [-0.2, 0) is 6.54 Å². The topological polar surface area (TPSA) is 55.2 Å². The summed E-state index contributed by atoms with van der Waals surface area (Å²) in [7, 11) is 0. The minimum Gasteiger partial charge on any atom is -0.306 e. The summed E-state index contributed by atoms with van der Waals surface area (Å²) in [5, 5.41) is 13.6. The fourth-order valence-electron chi connectivity index (χ4n) is 1.94. The number of hydrogen-bond donors (Lipinski definition) is 1. The highest BCUT2D eigenvalue weighted by molar-refractivity contribution is 5.34. The Labute approximate surface area is 120 Å². The van der Waals surface area contributed by atoms with E-state index in [4.69, 9.17) is 0 Å². The molecule has 1 atom stereocenters. The fraction of sp³-hybridized carbons (Fsp3) is 0.200. The van der Waals surface area contributed by atoms with E-state index in [1.807, 2.05) is 6.92 Å². The summed E-state index contributed by atoms with van der Waals surface area (Å²) in [6.45, 7) is 2.01. The van der Waals surface area contributed by atoms with Crippen molar-refractivity contribution in [3.05, 3.63) is 75.3 Å². The van der Waals surface area contributed by atoms with Crippen molar-refractivity contribution >= 4 is 5.69 Å². The number of non-ortho nitro benzene ring substituents is 1. The van der Waals surface area contributed by atoms with Gasteiger partial charge in [-0.05, 0) is 30.7 Å². The van der Waals surface area contributed by atoms with Crippen LogP contribution in [0.2, 0.25) is 0 Å². The molecule has 6 heteroatoms. The van der Waals surface area contributed by atoms with Crippen LogP contribution in [0.25, 0.3) is 0 Å². The highest BCUT2D eigenvalue weighted by Crippen LogP contribution is 2.18. The standard InChI is InChI=1S/C15H14F2N2O2/c1-10(11-2-5-14(6-3-11)19(20)21)18-9-12-8-13(16)4-7-15(12)17/h2-8,10,18H,9H2,1H3. The van der Waals surface area contributed by atoms with Crippen LogP contribution in [0.15, 0.2) is 42.5 Å². The van der Waals surface area contributed by atoms with Gasteiger partial charge in [-0.15, -0.1) is 0 Å². The van der Waals surface area contributed by atoms with Gasteiger partial charge in [0.05, 0.1) is 4.92 Å². The minimum atomic E-state index is -0.490. The second kappa shape index (κ2) is 6.41. The highest BCUT2D eigenvalue weighted by atomic mass is 19.1. The molecule has 0 saturated carbocycles. The lowest BCUT2D eigenvalue weighted by Crippen LogP contribution is -2.18. The van der Waals surface area contributed by atoms with Gasteiger partial charge < -0.3 is 5.32 Å². The summed E-state index contributed by atoms with van der Waals surface area (Å²) < 4.78 is 26.5. The van der Waals surface area contributed by atoms with Crippen molar-refractivity contribution in [3.63, 3.8) is 0 Å². The molecule has 1 unspecified atom stereocenters. The largest absolute Gasteiger partial charge is 0.306 e. The Balaban J connectivity index is 2.02. The van der Waals surface area contributed by atoms with Gasteiger partial charge in [0.2, 0.25) is 0 Å². The minimum absolute atomic E-state index is 0.0159. The molecule has 0 saturated heterocycles. The van der Waals surface area contributed by atoms with E-state index in [1.165, 1.54) is 12.1 Å². The highest BCUT2D eigenvalue weighted by Gasteiger charge is 2.10. The van der Waals surface area contributed by atoms with E-state index in [0.29, 0.717) is 0 Å². The van der Waals surface area contributed by atoms with Crippen molar-refractivity contribution in [1.29, 1.82) is 0 Å². The molecular formula is C15H14F2N2O2. The Hall–Kier alpha value is -2.34. The Morgan fingerprint density at radius 2 is 1.86 bits per heavy atom. The molecule has 2 aromatic carbocycles. The first kappa shape index (κ1) is 15.1. The first-order valence-electron chi connectivity index (χ1n) is 6.39. The Bertz CT molecular complexity index is 645. The van der Waals surface area contributed by atoms with E-state index < -0.39 is 16.6 Å². The van der Waals surface area contributed by atoms with E-state index in [0.717, 1.165) is 23.8 Å². The van der Waals surface area contributed by atoms with Crippen LogP contribution >= 0.6 is 0 Å². The molecule has 0 amide bonds. The summed E-state index contributed by atoms with van der Waals surface area (Å²) in [6, 6.07) is 9.25. The van der Waals surface area contributed by atoms with Crippen LogP contribution in [0.1, 0.15) is 24.1 Å². The maximum atomic E-state index is 13.5. The SMILES string of the molecule is CC(NCc1cc(F)ccc1F)c1ccc([N+](=O)[O-])cc1. The molecule has 0 fully saturated rings. The van der Waals surface area contributed by atoms with Gasteiger partial charge in [-0.25, -0.2) is 8.78 Å². The van der Waals surface area contributed by atoms with Gasteiger partial charge in [0, 0.05) is 30.3 Å². The van der Waals surface area contributed by atoms with E-state index in [-0.39, 0.29) is 23.8 Å². The van der Waals surface area contributed by atoms with Gasteiger partial charge in [-0.1, -0.05) is 12.1 Å². The van der Waals surface area contributed by atoms with Crippen LogP contribution in [0.3, 0.4) is 0 Å². The van der Waals surface area contributed by atoms with E-state index in [9.17, 15) is 18.9 Å². The van der Waals surface area contributed by atoms with Gasteiger partial charge in [0.1, 0.15) is 11.6 Å². The molecule has 2 aromatic rings. The number of halogens is 2. The van der Waals surface area contributed by atoms with Crippen molar-refractivity contribution < 1.29 is 13.7 Å². The summed E-state index contributed by atoms with van der Waals surface area (Å²) in [5.74, 6) is -0.962. The molecule has 1 N–H and O–H groups in total. The van der Waals surface area contributed by atoms with Crippen molar-refractivity contribution in [2.45, 2.75) is 19.5 Å². The van der Waals surface area contributed by atoms with E-state index in [1.54, 1.807) is 12.1 Å². The Kier molecular flexibility index (Phi) is 4.59.